The minimum Gasteiger partial charge on any atom is -0.294 e. The first-order valence-corrected chi connectivity index (χ1v) is 9.86. The Kier molecular flexibility index (Phi) is 7.10. The van der Waals surface area contributed by atoms with Gasteiger partial charge in [-0.15, -0.1) is 4.53 Å². The van der Waals surface area contributed by atoms with Crippen LogP contribution in [0.3, 0.4) is 0 Å². The maximum Gasteiger partial charge on any atom is 0.284 e. The Bertz CT molecular complexity index is 875. The van der Waals surface area contributed by atoms with Gasteiger partial charge < -0.3 is 0 Å². The molecule has 7 heteroatoms. The molecule has 0 aromatic heterocycles. The molecule has 0 atom stereocenters. The van der Waals surface area contributed by atoms with Crippen molar-refractivity contribution in [3.05, 3.63) is 71.0 Å². The average Bonchev–Trinajstić information content (AvgIpc) is 2.66. The van der Waals surface area contributed by atoms with Crippen molar-refractivity contribution in [2.45, 2.75) is 52.0 Å². The smallest absolute Gasteiger partial charge is 0.284 e. The highest BCUT2D eigenvalue weighted by Gasteiger charge is 2.35. The minimum absolute atomic E-state index is 0.00632. The van der Waals surface area contributed by atoms with Crippen LogP contribution in [0.15, 0.2) is 48.5 Å². The Balaban J connectivity index is 2.11. The van der Waals surface area contributed by atoms with E-state index in [1.807, 2.05) is 12.1 Å². The van der Waals surface area contributed by atoms with E-state index >= 15 is 0 Å². The normalized spacial score (nSPS) is 12.2. The lowest BCUT2D eigenvalue weighted by atomic mass is 9.86. The third kappa shape index (κ3) is 5.78. The van der Waals surface area contributed by atoms with E-state index in [1.54, 1.807) is 26.0 Å². The Hall–Kier alpha value is -1.95. The monoisotopic (exact) mass is 438 g/mol. The van der Waals surface area contributed by atoms with Crippen LogP contribution in [0.25, 0.3) is 0 Å². The van der Waals surface area contributed by atoms with Gasteiger partial charge in [0.1, 0.15) is 5.82 Å². The predicted molar refractivity (Wildman–Crippen MR) is 114 cm³/mol. The molecule has 0 aliphatic carbocycles. The molecule has 0 spiro atoms. The van der Waals surface area contributed by atoms with Crippen LogP contribution in [-0.2, 0) is 5.41 Å². The molecule has 2 rings (SSSR count). The van der Waals surface area contributed by atoms with Gasteiger partial charge in [0.25, 0.3) is 5.91 Å². The lowest BCUT2D eigenvalue weighted by Gasteiger charge is -2.35. The maximum absolute atomic E-state index is 13.1. The number of ketones is 1. The Labute approximate surface area is 181 Å². The van der Waals surface area contributed by atoms with Crippen molar-refractivity contribution in [1.82, 2.24) is 9.06 Å². The van der Waals surface area contributed by atoms with E-state index in [1.165, 1.54) is 12.1 Å². The summed E-state index contributed by atoms with van der Waals surface area (Å²) >= 11 is 12.4. The lowest BCUT2D eigenvalue weighted by Crippen LogP contribution is -2.48. The summed E-state index contributed by atoms with van der Waals surface area (Å²) in [6, 6.07) is 12.4. The van der Waals surface area contributed by atoms with Crippen LogP contribution < -0.4 is 0 Å². The van der Waals surface area contributed by atoms with Crippen molar-refractivity contribution < 1.29 is 14.0 Å². The molecule has 0 aliphatic heterocycles. The largest absolute Gasteiger partial charge is 0.294 e. The summed E-state index contributed by atoms with van der Waals surface area (Å²) in [5.41, 5.74) is 0.894. The number of carbonyl (C=O) groups is 2. The van der Waals surface area contributed by atoms with Crippen LogP contribution in [0, 0.1) is 5.82 Å². The van der Waals surface area contributed by atoms with Crippen LogP contribution in [0.2, 0.25) is 0 Å². The summed E-state index contributed by atoms with van der Waals surface area (Å²) in [5.74, 6) is -1.22. The maximum atomic E-state index is 13.1. The molecule has 0 bridgehead atoms. The van der Waals surface area contributed by atoms with E-state index in [0.717, 1.165) is 22.2 Å². The fourth-order valence-corrected chi connectivity index (χ4v) is 3.16. The summed E-state index contributed by atoms with van der Waals surface area (Å²) in [5, 5.41) is 0. The second-order valence-electron chi connectivity index (χ2n) is 8.57. The average molecular weight is 439 g/mol. The Morgan fingerprint density at radius 2 is 1.34 bits per heavy atom. The second-order valence-corrected chi connectivity index (χ2v) is 9.21. The third-order valence-electron chi connectivity index (χ3n) is 4.58. The number of hydrazine groups is 1. The highest BCUT2D eigenvalue weighted by Crippen LogP contribution is 2.29. The highest BCUT2D eigenvalue weighted by atomic mass is 35.5. The van der Waals surface area contributed by atoms with Gasteiger partial charge in [-0.3, -0.25) is 9.59 Å². The number of hydrogen-bond donors (Lipinski definition) is 0. The molecule has 0 saturated carbocycles. The van der Waals surface area contributed by atoms with Crippen molar-refractivity contribution in [2.24, 2.45) is 0 Å². The molecule has 0 aliphatic rings. The molecule has 0 unspecified atom stereocenters. The Morgan fingerprint density at radius 3 is 1.83 bits per heavy atom. The molecule has 156 valence electrons. The van der Waals surface area contributed by atoms with E-state index in [2.05, 4.69) is 20.8 Å². The Morgan fingerprint density at radius 1 is 0.862 bits per heavy atom. The number of carbonyl (C=O) groups excluding carboxylic acids is 2. The van der Waals surface area contributed by atoms with Gasteiger partial charge in [0.05, 0.1) is 5.54 Å². The summed E-state index contributed by atoms with van der Waals surface area (Å²) in [6.45, 7) is 9.71. The standard InChI is InChI=1S/C22H25Cl2FN2O2/c1-21(2,3)17-10-6-15(7-11-17)19(28)14-22(4,5)27(24)26(23)20(29)16-8-12-18(25)13-9-16/h6-13H,14H2,1-5H3. The van der Waals surface area contributed by atoms with Crippen LogP contribution in [0.5, 0.6) is 0 Å². The molecule has 1 amide bonds. The number of Topliss-reactive ketones (excluding diaryl/α,β-unsaturated/α-hetero) is 1. The van der Waals surface area contributed by atoms with E-state index in [4.69, 9.17) is 23.6 Å². The first-order chi connectivity index (χ1) is 13.3. The topological polar surface area (TPSA) is 40.6 Å². The number of halogens is 3. The molecule has 4 nitrogen and oxygen atoms in total. The predicted octanol–water partition coefficient (Wildman–Crippen LogP) is 6.14. The first kappa shape index (κ1) is 23.3. The van der Waals surface area contributed by atoms with E-state index in [9.17, 15) is 14.0 Å². The van der Waals surface area contributed by atoms with Crippen LogP contribution in [-0.4, -0.2) is 26.3 Å². The van der Waals surface area contributed by atoms with Gasteiger partial charge in [0.15, 0.2) is 5.78 Å². The molecular weight excluding hydrogens is 414 g/mol. The van der Waals surface area contributed by atoms with Crippen molar-refractivity contribution in [3.63, 3.8) is 0 Å². The van der Waals surface area contributed by atoms with Crippen molar-refractivity contribution in [3.8, 4) is 0 Å². The fourth-order valence-electron chi connectivity index (χ4n) is 2.73. The molecule has 29 heavy (non-hydrogen) atoms. The molecule has 2 aromatic rings. The molecule has 0 fully saturated rings. The molecular formula is C22H25Cl2FN2O2. The molecule has 0 saturated heterocycles. The van der Waals surface area contributed by atoms with Crippen molar-refractivity contribution in [1.29, 1.82) is 0 Å². The highest BCUT2D eigenvalue weighted by molar-refractivity contribution is 6.27. The van der Waals surface area contributed by atoms with Gasteiger partial charge in [0, 0.05) is 41.1 Å². The van der Waals surface area contributed by atoms with Crippen LogP contribution >= 0.6 is 23.6 Å². The van der Waals surface area contributed by atoms with Gasteiger partial charge in [0.2, 0.25) is 0 Å². The van der Waals surface area contributed by atoms with E-state index < -0.39 is 17.3 Å². The number of hydrogen-bond acceptors (Lipinski definition) is 3. The lowest BCUT2D eigenvalue weighted by molar-refractivity contribution is 0.0374. The molecule has 0 radical (unpaired) electrons. The fraction of sp³-hybridized carbons (Fsp3) is 0.364. The van der Waals surface area contributed by atoms with Crippen molar-refractivity contribution >= 4 is 35.2 Å². The zero-order valence-corrected chi connectivity index (χ0v) is 18.7. The molecule has 0 heterocycles. The van der Waals surface area contributed by atoms with E-state index in [-0.39, 0.29) is 23.2 Å². The van der Waals surface area contributed by atoms with Crippen molar-refractivity contribution in [2.75, 3.05) is 0 Å². The van der Waals surface area contributed by atoms with E-state index in [0.29, 0.717) is 10.1 Å². The second kappa shape index (κ2) is 8.82. The summed E-state index contributed by atoms with van der Waals surface area (Å²) in [7, 11) is 0. The first-order valence-electron chi connectivity index (χ1n) is 9.18. The molecule has 0 N–H and O–H groups in total. The van der Waals surface area contributed by atoms with Crippen LogP contribution in [0.4, 0.5) is 4.39 Å². The molecule has 2 aromatic carbocycles. The summed E-state index contributed by atoms with van der Waals surface area (Å²) < 4.78 is 14.7. The quantitative estimate of drug-likeness (QED) is 0.308. The number of nitrogens with zero attached hydrogens (tertiary/aromatic N) is 2. The van der Waals surface area contributed by atoms with Gasteiger partial charge in [-0.25, -0.2) is 4.39 Å². The number of benzene rings is 2. The minimum atomic E-state index is -0.960. The van der Waals surface area contributed by atoms with Gasteiger partial charge in [-0.2, -0.15) is 4.53 Å². The summed E-state index contributed by atoms with van der Waals surface area (Å²) in [4.78, 5) is 25.2. The zero-order chi connectivity index (χ0) is 22.0. The van der Waals surface area contributed by atoms with Gasteiger partial charge >= 0.3 is 0 Å². The van der Waals surface area contributed by atoms with Gasteiger partial charge in [-0.1, -0.05) is 45.0 Å². The summed E-state index contributed by atoms with van der Waals surface area (Å²) in [6.07, 6.45) is 0.0330. The third-order valence-corrected chi connectivity index (χ3v) is 5.57. The SMILES string of the molecule is CC(C)(C)c1ccc(C(=O)CC(C)(C)N(Cl)N(Cl)C(=O)c2ccc(F)cc2)cc1. The van der Waals surface area contributed by atoms with Crippen LogP contribution in [0.1, 0.15) is 67.3 Å². The number of rotatable bonds is 6. The van der Waals surface area contributed by atoms with Gasteiger partial charge in [-0.05, 0) is 49.1 Å². The zero-order valence-electron chi connectivity index (χ0n) is 17.2. The number of amides is 1.